The van der Waals surface area contributed by atoms with Crippen molar-refractivity contribution in [2.24, 2.45) is 0 Å². The number of ether oxygens (including phenoxy) is 1. The number of aromatic nitrogens is 1. The van der Waals surface area contributed by atoms with E-state index in [1.807, 2.05) is 20.8 Å². The minimum Gasteiger partial charge on any atom is -0.380 e. The van der Waals surface area contributed by atoms with Crippen LogP contribution in [0.5, 0.6) is 0 Å². The van der Waals surface area contributed by atoms with E-state index in [0.29, 0.717) is 5.82 Å². The van der Waals surface area contributed by atoms with Gasteiger partial charge >= 0.3 is 0 Å². The second-order valence-electron chi connectivity index (χ2n) is 4.21. The molecule has 0 amide bonds. The minimum absolute atomic E-state index is 0.0534. The van der Waals surface area contributed by atoms with Crippen molar-refractivity contribution < 1.29 is 8.85 Å². The molecule has 0 saturated carbocycles. The van der Waals surface area contributed by atoms with Crippen molar-refractivity contribution in [2.45, 2.75) is 32.9 Å². The van der Waals surface area contributed by atoms with Crippen LogP contribution in [0.15, 0.2) is 18.3 Å². The molecule has 78 valence electrons. The Bertz CT molecular complexity index is 372. The first-order valence-corrected chi connectivity index (χ1v) is 4.53. The Morgan fingerprint density at radius 3 is 3.00 bits per heavy atom. The van der Waals surface area contributed by atoms with Crippen LogP contribution in [0, 0.1) is 0 Å². The van der Waals surface area contributed by atoms with E-state index in [9.17, 15) is 0 Å². The fraction of sp³-hybridized carbons (Fsp3) is 0.545. The third-order valence-corrected chi connectivity index (χ3v) is 1.57. The van der Waals surface area contributed by atoms with Gasteiger partial charge in [-0.15, -0.1) is 0 Å². The molecule has 3 nitrogen and oxygen atoms in total. The van der Waals surface area contributed by atoms with E-state index < -0.39 is 7.04 Å². The van der Waals surface area contributed by atoms with E-state index in [1.54, 1.807) is 18.3 Å². The monoisotopic (exact) mass is 197 g/mol. The summed E-state index contributed by atoms with van der Waals surface area (Å²) in [6, 6.07) is 3.52. The van der Waals surface area contributed by atoms with E-state index in [1.165, 1.54) is 0 Å². The summed E-state index contributed by atoms with van der Waals surface area (Å²) >= 11 is 0. The topological polar surface area (TPSA) is 34.1 Å². The highest BCUT2D eigenvalue weighted by Gasteiger charge is 2.09. The summed E-state index contributed by atoms with van der Waals surface area (Å²) in [6.07, 6.45) is 1.63. The molecular weight excluding hydrogens is 176 g/mol. The first kappa shape index (κ1) is 7.23. The van der Waals surface area contributed by atoms with Crippen molar-refractivity contribution in [3.8, 4) is 0 Å². The van der Waals surface area contributed by atoms with Crippen LogP contribution in [0.4, 0.5) is 5.82 Å². The van der Waals surface area contributed by atoms with Gasteiger partial charge < -0.3 is 10.1 Å². The molecule has 3 heteroatoms. The largest absolute Gasteiger partial charge is 0.380 e. The zero-order valence-corrected chi connectivity index (χ0v) is 8.79. The molecule has 0 atom stereocenters. The molecule has 1 aromatic heterocycles. The number of nitrogens with one attached hydrogen (secondary N) is 1. The van der Waals surface area contributed by atoms with Crippen LogP contribution in [-0.4, -0.2) is 17.6 Å². The Hall–Kier alpha value is -1.09. The fourth-order valence-electron chi connectivity index (χ4n) is 1.10. The number of anilines is 1. The summed E-state index contributed by atoms with van der Waals surface area (Å²) in [7, 11) is -2.36. The molecule has 0 radical (unpaired) electrons. The lowest BCUT2D eigenvalue weighted by Crippen LogP contribution is -2.26. The van der Waals surface area contributed by atoms with Gasteiger partial charge in [-0.1, -0.05) is 0 Å². The quantitative estimate of drug-likeness (QED) is 0.808. The Labute approximate surface area is 89.7 Å². The highest BCUT2D eigenvalue weighted by atomic mass is 16.5. The maximum Gasteiger partial charge on any atom is 0.126 e. The van der Waals surface area contributed by atoms with E-state index >= 15 is 0 Å². The molecule has 0 aliphatic rings. The van der Waals surface area contributed by atoms with Crippen molar-refractivity contribution in [2.75, 3.05) is 12.4 Å². The van der Waals surface area contributed by atoms with Crippen molar-refractivity contribution in [1.29, 1.82) is 0 Å². The number of hydrogen-bond acceptors (Lipinski definition) is 3. The highest BCUT2D eigenvalue weighted by molar-refractivity contribution is 5.39. The fourth-order valence-corrected chi connectivity index (χ4v) is 1.10. The lowest BCUT2D eigenvalue weighted by atomic mass is 10.1. The third kappa shape index (κ3) is 3.75. The summed E-state index contributed by atoms with van der Waals surface area (Å²) < 4.78 is 25.6. The molecule has 1 rings (SSSR count). The summed E-state index contributed by atoms with van der Waals surface area (Å²) in [5, 5.41) is 3.21. The molecule has 0 aliphatic carbocycles. The first-order chi connectivity index (χ1) is 7.66. The predicted molar refractivity (Wildman–Crippen MR) is 58.3 cm³/mol. The smallest absolute Gasteiger partial charge is 0.126 e. The van der Waals surface area contributed by atoms with E-state index in [4.69, 9.17) is 8.85 Å². The molecule has 1 aromatic rings. The van der Waals surface area contributed by atoms with Crippen LogP contribution in [0.25, 0.3) is 0 Å². The van der Waals surface area contributed by atoms with Gasteiger partial charge in [0.2, 0.25) is 0 Å². The van der Waals surface area contributed by atoms with E-state index in [0.717, 1.165) is 5.56 Å². The van der Waals surface area contributed by atoms with Crippen LogP contribution in [-0.2, 0) is 11.3 Å². The SMILES string of the molecule is [2H]C([2H])([2H])OCc1ccnc(NC(C)(C)C)c1. The Morgan fingerprint density at radius 1 is 1.57 bits per heavy atom. The van der Waals surface area contributed by atoms with Gasteiger partial charge in [0.1, 0.15) is 5.82 Å². The van der Waals surface area contributed by atoms with Crippen molar-refractivity contribution in [1.82, 2.24) is 4.98 Å². The highest BCUT2D eigenvalue weighted by Crippen LogP contribution is 2.13. The van der Waals surface area contributed by atoms with Crippen LogP contribution < -0.4 is 5.32 Å². The standard InChI is InChI=1S/C11H18N2O/c1-11(2,3)13-10-7-9(8-14-4)5-6-12-10/h5-7H,8H2,1-4H3,(H,12,13)/i4D3. The van der Waals surface area contributed by atoms with Crippen molar-refractivity contribution in [3.63, 3.8) is 0 Å². The Morgan fingerprint density at radius 2 is 2.36 bits per heavy atom. The number of nitrogens with zero attached hydrogens (tertiary/aromatic N) is 1. The zero-order chi connectivity index (χ0) is 13.1. The molecule has 0 saturated heterocycles. The summed E-state index contributed by atoms with van der Waals surface area (Å²) in [5.41, 5.74) is 0.694. The van der Waals surface area contributed by atoms with Crippen LogP contribution in [0.2, 0.25) is 0 Å². The van der Waals surface area contributed by atoms with Gasteiger partial charge in [0.05, 0.1) is 10.7 Å². The molecule has 14 heavy (non-hydrogen) atoms. The first-order valence-electron chi connectivity index (χ1n) is 6.03. The van der Waals surface area contributed by atoms with E-state index in [-0.39, 0.29) is 12.1 Å². The molecular formula is C11H18N2O. The lowest BCUT2D eigenvalue weighted by molar-refractivity contribution is 0.185. The van der Waals surface area contributed by atoms with Gasteiger partial charge in [-0.2, -0.15) is 0 Å². The number of hydrogen-bond donors (Lipinski definition) is 1. The molecule has 0 spiro atoms. The second kappa shape index (κ2) is 4.42. The van der Waals surface area contributed by atoms with Crippen LogP contribution in [0.3, 0.4) is 0 Å². The summed E-state index contributed by atoms with van der Waals surface area (Å²) in [4.78, 5) is 4.16. The van der Waals surface area contributed by atoms with Gasteiger partial charge in [-0.3, -0.25) is 0 Å². The third-order valence-electron chi connectivity index (χ3n) is 1.57. The summed E-state index contributed by atoms with van der Waals surface area (Å²) in [5.74, 6) is 0.712. The Balaban J connectivity index is 2.66. The second-order valence-corrected chi connectivity index (χ2v) is 4.21. The van der Waals surface area contributed by atoms with Gasteiger partial charge in [-0.25, -0.2) is 4.98 Å². The van der Waals surface area contributed by atoms with Crippen LogP contribution in [0.1, 0.15) is 30.4 Å². The van der Waals surface area contributed by atoms with Gasteiger partial charge in [0, 0.05) is 18.8 Å². The molecule has 0 bridgehead atoms. The molecule has 1 heterocycles. The predicted octanol–water partition coefficient (Wildman–Crippen LogP) is 2.44. The number of methoxy groups -OCH3 is 1. The number of rotatable bonds is 3. The molecule has 1 N–H and O–H groups in total. The normalized spacial score (nSPS) is 15.5. The van der Waals surface area contributed by atoms with Crippen molar-refractivity contribution in [3.05, 3.63) is 23.9 Å². The van der Waals surface area contributed by atoms with Crippen LogP contribution >= 0.6 is 0 Å². The number of pyridine rings is 1. The van der Waals surface area contributed by atoms with Gasteiger partial charge in [0.15, 0.2) is 0 Å². The maximum absolute atomic E-state index is 6.96. The average molecular weight is 197 g/mol. The summed E-state index contributed by atoms with van der Waals surface area (Å²) in [6.45, 7) is 6.14. The Kier molecular flexibility index (Phi) is 2.28. The molecule has 0 aliphatic heterocycles. The maximum atomic E-state index is 6.96. The molecule has 0 aromatic carbocycles. The van der Waals surface area contributed by atoms with Crippen molar-refractivity contribution >= 4 is 5.82 Å². The molecule has 0 fully saturated rings. The zero-order valence-electron chi connectivity index (χ0n) is 11.8. The van der Waals surface area contributed by atoms with Gasteiger partial charge in [-0.05, 0) is 38.5 Å². The average Bonchev–Trinajstić information content (AvgIpc) is 2.11. The minimum atomic E-state index is -2.36. The molecule has 0 unspecified atom stereocenters. The lowest BCUT2D eigenvalue weighted by Gasteiger charge is -2.21. The van der Waals surface area contributed by atoms with E-state index in [2.05, 4.69) is 10.3 Å². The van der Waals surface area contributed by atoms with Gasteiger partial charge in [0.25, 0.3) is 0 Å².